The summed E-state index contributed by atoms with van der Waals surface area (Å²) in [6.45, 7) is 8.48. The number of carbonyl (C=O) groups excluding carboxylic acids is 3. The molecule has 2 aromatic carbocycles. The maximum atomic E-state index is 14.1. The molecule has 0 radical (unpaired) electrons. The van der Waals surface area contributed by atoms with Crippen LogP contribution in [0.4, 0.5) is 0 Å². The van der Waals surface area contributed by atoms with E-state index in [1.807, 2.05) is 24.0 Å². The SMILES string of the molecule is COC(=O)[C@@H](O)CNC(=O)c1ccc([C@@H](C)N2C(=O)C(c3cc(Cl)cc(Cl)c3)=NC23CCC(C(C)(C)C)CC3)cc1. The number of benzene rings is 2. The third kappa shape index (κ3) is 6.60. The fourth-order valence-corrected chi connectivity index (χ4v) is 6.43. The number of hydrogen-bond donors (Lipinski definition) is 2. The summed E-state index contributed by atoms with van der Waals surface area (Å²) in [5.74, 6) is -0.916. The van der Waals surface area contributed by atoms with Gasteiger partial charge in [-0.25, -0.2) is 4.79 Å². The quantitative estimate of drug-likeness (QED) is 0.403. The first kappa shape index (κ1) is 31.0. The average molecular weight is 603 g/mol. The number of aliphatic hydroxyl groups is 1. The van der Waals surface area contributed by atoms with Crippen LogP contribution in [-0.2, 0) is 14.3 Å². The fraction of sp³-hybridized carbons (Fsp3) is 0.484. The van der Waals surface area contributed by atoms with Gasteiger partial charge in [0, 0.05) is 21.2 Å². The lowest BCUT2D eigenvalue weighted by molar-refractivity contribution is -0.149. The Balaban J connectivity index is 1.60. The molecule has 41 heavy (non-hydrogen) atoms. The first-order valence-corrected chi connectivity index (χ1v) is 14.6. The molecule has 1 spiro atoms. The standard InChI is InChI=1S/C31H37Cl2N3O5/c1-18(19-6-8-20(9-7-19)27(38)34-17-25(37)29(40)41-5)36-28(39)26(21-14-23(32)16-24(33)15-21)35-31(36)12-10-22(11-13-31)30(2,3)4/h6-9,14-16,18,22,25,37H,10-13,17H2,1-5H3,(H,34,38)/t18-,22?,25+,31?/m1/s1. The molecule has 0 unspecified atom stereocenters. The van der Waals surface area contributed by atoms with E-state index in [4.69, 9.17) is 28.2 Å². The summed E-state index contributed by atoms with van der Waals surface area (Å²) >= 11 is 12.6. The van der Waals surface area contributed by atoms with E-state index in [0.29, 0.717) is 32.8 Å². The zero-order chi connectivity index (χ0) is 30.1. The third-order valence-corrected chi connectivity index (χ3v) is 8.75. The minimum atomic E-state index is -1.45. The Morgan fingerprint density at radius 3 is 2.24 bits per heavy atom. The number of amides is 2. The monoisotopic (exact) mass is 601 g/mol. The van der Waals surface area contributed by atoms with Crippen LogP contribution in [0.3, 0.4) is 0 Å². The molecule has 2 aromatic rings. The Morgan fingerprint density at radius 2 is 1.71 bits per heavy atom. The Hall–Kier alpha value is -2.94. The van der Waals surface area contributed by atoms with Gasteiger partial charge >= 0.3 is 5.97 Å². The van der Waals surface area contributed by atoms with Gasteiger partial charge in [0.25, 0.3) is 11.8 Å². The van der Waals surface area contributed by atoms with Crippen molar-refractivity contribution in [3.63, 3.8) is 0 Å². The highest BCUT2D eigenvalue weighted by Gasteiger charge is 2.52. The summed E-state index contributed by atoms with van der Waals surface area (Å²) in [6, 6.07) is 11.7. The van der Waals surface area contributed by atoms with Crippen molar-refractivity contribution in [2.24, 2.45) is 16.3 Å². The minimum absolute atomic E-state index is 0.164. The van der Waals surface area contributed by atoms with Crippen LogP contribution in [0, 0.1) is 11.3 Å². The predicted molar refractivity (Wildman–Crippen MR) is 159 cm³/mol. The van der Waals surface area contributed by atoms with Crippen molar-refractivity contribution < 1.29 is 24.2 Å². The Morgan fingerprint density at radius 1 is 1.12 bits per heavy atom. The summed E-state index contributed by atoms with van der Waals surface area (Å²) in [5, 5.41) is 13.1. The van der Waals surface area contributed by atoms with Crippen molar-refractivity contribution in [2.45, 2.75) is 71.2 Å². The van der Waals surface area contributed by atoms with Crippen LogP contribution in [0.5, 0.6) is 0 Å². The molecule has 0 saturated heterocycles. The number of halogens is 2. The maximum Gasteiger partial charge on any atom is 0.336 e. The van der Waals surface area contributed by atoms with Crippen molar-refractivity contribution in [2.75, 3.05) is 13.7 Å². The summed E-state index contributed by atoms with van der Waals surface area (Å²) in [6.07, 6.45) is 1.93. The van der Waals surface area contributed by atoms with Gasteiger partial charge in [-0.15, -0.1) is 0 Å². The van der Waals surface area contributed by atoms with Gasteiger partial charge in [-0.05, 0) is 79.8 Å². The summed E-state index contributed by atoms with van der Waals surface area (Å²) in [5.41, 5.74) is 1.63. The lowest BCUT2D eigenvalue weighted by Crippen LogP contribution is -2.50. The number of nitrogens with zero attached hydrogens (tertiary/aromatic N) is 2. The zero-order valence-corrected chi connectivity index (χ0v) is 25.6. The van der Waals surface area contributed by atoms with Crippen LogP contribution >= 0.6 is 23.2 Å². The van der Waals surface area contributed by atoms with E-state index in [0.717, 1.165) is 38.4 Å². The van der Waals surface area contributed by atoms with Crippen molar-refractivity contribution in [3.05, 3.63) is 69.2 Å². The number of nitrogens with one attached hydrogen (secondary N) is 1. The number of aliphatic hydroxyl groups excluding tert-OH is 1. The maximum absolute atomic E-state index is 14.1. The molecule has 1 aliphatic heterocycles. The number of ether oxygens (including phenoxy) is 1. The minimum Gasteiger partial charge on any atom is -0.467 e. The number of hydrogen-bond acceptors (Lipinski definition) is 6. The second kappa shape index (κ2) is 12.1. The van der Waals surface area contributed by atoms with Crippen LogP contribution in [0.15, 0.2) is 47.5 Å². The smallest absolute Gasteiger partial charge is 0.336 e. The van der Waals surface area contributed by atoms with Gasteiger partial charge < -0.3 is 20.1 Å². The van der Waals surface area contributed by atoms with E-state index in [1.54, 1.807) is 30.3 Å². The Bertz CT molecular complexity index is 1320. The van der Waals surface area contributed by atoms with Gasteiger partial charge in [0.15, 0.2) is 6.10 Å². The molecule has 220 valence electrons. The Labute approximate surface area is 251 Å². The average Bonchev–Trinajstić information content (AvgIpc) is 3.20. The fourth-order valence-electron chi connectivity index (χ4n) is 5.90. The third-order valence-electron chi connectivity index (χ3n) is 8.31. The first-order valence-electron chi connectivity index (χ1n) is 13.8. The van der Waals surface area contributed by atoms with Gasteiger partial charge in [-0.3, -0.25) is 14.6 Å². The molecule has 4 rings (SSSR count). The summed E-state index contributed by atoms with van der Waals surface area (Å²) < 4.78 is 4.47. The van der Waals surface area contributed by atoms with Crippen LogP contribution in [0.2, 0.25) is 10.0 Å². The van der Waals surface area contributed by atoms with Crippen LogP contribution in [-0.4, -0.2) is 58.9 Å². The molecular formula is C31H37Cl2N3O5. The molecule has 1 fully saturated rings. The van der Waals surface area contributed by atoms with Crippen molar-refractivity contribution in [3.8, 4) is 0 Å². The number of methoxy groups -OCH3 is 1. The molecule has 2 atom stereocenters. The van der Waals surface area contributed by atoms with Crippen LogP contribution in [0.1, 0.15) is 80.9 Å². The van der Waals surface area contributed by atoms with Crippen molar-refractivity contribution in [1.82, 2.24) is 10.2 Å². The molecule has 2 aliphatic rings. The normalized spacial score (nSPS) is 22.3. The second-order valence-electron chi connectivity index (χ2n) is 12.0. The molecule has 8 nitrogen and oxygen atoms in total. The van der Waals surface area contributed by atoms with E-state index >= 15 is 0 Å². The number of aliphatic imine (C=N–C) groups is 1. The topological polar surface area (TPSA) is 108 Å². The number of esters is 1. The molecular weight excluding hydrogens is 565 g/mol. The van der Waals surface area contributed by atoms with E-state index in [9.17, 15) is 19.5 Å². The van der Waals surface area contributed by atoms with E-state index < -0.39 is 23.6 Å². The lowest BCUT2D eigenvalue weighted by Gasteiger charge is -2.46. The molecule has 0 aromatic heterocycles. The van der Waals surface area contributed by atoms with Crippen LogP contribution in [0.25, 0.3) is 0 Å². The van der Waals surface area contributed by atoms with E-state index in [-0.39, 0.29) is 23.9 Å². The second-order valence-corrected chi connectivity index (χ2v) is 12.8. The van der Waals surface area contributed by atoms with Gasteiger partial charge in [0.1, 0.15) is 11.4 Å². The van der Waals surface area contributed by atoms with Gasteiger partial charge in [-0.2, -0.15) is 0 Å². The summed E-state index contributed by atoms with van der Waals surface area (Å²) in [4.78, 5) is 45.1. The molecule has 0 bridgehead atoms. The molecule has 2 N–H and O–H groups in total. The van der Waals surface area contributed by atoms with E-state index in [1.165, 1.54) is 0 Å². The van der Waals surface area contributed by atoms with Crippen molar-refractivity contribution >= 4 is 46.7 Å². The van der Waals surface area contributed by atoms with E-state index in [2.05, 4.69) is 30.8 Å². The van der Waals surface area contributed by atoms with Crippen LogP contribution < -0.4 is 5.32 Å². The molecule has 10 heteroatoms. The molecule has 2 amide bonds. The van der Waals surface area contributed by atoms with Gasteiger partial charge in [0.2, 0.25) is 0 Å². The largest absolute Gasteiger partial charge is 0.467 e. The highest BCUT2D eigenvalue weighted by Crippen LogP contribution is 2.49. The number of rotatable bonds is 7. The number of carbonyl (C=O) groups is 3. The zero-order valence-electron chi connectivity index (χ0n) is 24.0. The summed E-state index contributed by atoms with van der Waals surface area (Å²) in [7, 11) is 1.16. The predicted octanol–water partition coefficient (Wildman–Crippen LogP) is 5.58. The van der Waals surface area contributed by atoms with Gasteiger partial charge in [0.05, 0.1) is 19.7 Å². The highest BCUT2D eigenvalue weighted by atomic mass is 35.5. The molecule has 1 heterocycles. The lowest BCUT2D eigenvalue weighted by atomic mass is 9.69. The molecule has 1 aliphatic carbocycles. The molecule has 1 saturated carbocycles. The van der Waals surface area contributed by atoms with Gasteiger partial charge in [-0.1, -0.05) is 56.1 Å². The van der Waals surface area contributed by atoms with Crippen molar-refractivity contribution in [1.29, 1.82) is 0 Å². The Kier molecular flexibility index (Phi) is 9.16. The first-order chi connectivity index (χ1) is 19.3. The highest BCUT2D eigenvalue weighted by molar-refractivity contribution is 6.47.